The van der Waals surface area contributed by atoms with Gasteiger partial charge in [0.05, 0.1) is 10.5 Å². The summed E-state index contributed by atoms with van der Waals surface area (Å²) in [7, 11) is 0. The summed E-state index contributed by atoms with van der Waals surface area (Å²) in [6, 6.07) is 21.7. The van der Waals surface area contributed by atoms with Crippen molar-refractivity contribution in [1.29, 1.82) is 0 Å². The molecule has 0 aliphatic rings. The fourth-order valence-corrected chi connectivity index (χ4v) is 2.87. The van der Waals surface area contributed by atoms with E-state index >= 15 is 0 Å². The maximum atomic E-state index is 12.7. The summed E-state index contributed by atoms with van der Waals surface area (Å²) in [5.41, 5.74) is 1.01. The molecule has 0 spiro atoms. The smallest absolute Gasteiger partial charge is 0.380 e. The van der Waals surface area contributed by atoms with Crippen molar-refractivity contribution in [3.05, 3.63) is 100 Å². The molecule has 1 heterocycles. The van der Waals surface area contributed by atoms with Crippen LogP contribution < -0.4 is 9.47 Å². The molecule has 0 fully saturated rings. The molecule has 0 aliphatic carbocycles. The molecule has 3 aromatic carbocycles. The minimum atomic E-state index is -0.707. The Hall–Kier alpha value is -4.13. The Labute approximate surface area is 165 Å². The zero-order valence-electron chi connectivity index (χ0n) is 15.1. The molecule has 0 unspecified atom stereocenters. The lowest BCUT2D eigenvalue weighted by atomic mass is 10.1. The number of hydrogen-bond donors (Lipinski definition) is 0. The molecule has 4 rings (SSSR count). The standard InChI is InChI=1S/C22H15NO6/c24-22(28-17-12-10-15(11-13-17)23(25)26)21-19(14-27-16-6-2-1-3-7-16)18-8-4-5-9-20(18)29-21/h1-13H,14H2. The Morgan fingerprint density at radius 2 is 1.59 bits per heavy atom. The second kappa shape index (κ2) is 7.85. The van der Waals surface area contributed by atoms with Crippen LogP contribution in [0.3, 0.4) is 0 Å². The van der Waals surface area contributed by atoms with Crippen LogP contribution >= 0.6 is 0 Å². The van der Waals surface area contributed by atoms with Crippen molar-refractivity contribution in [2.24, 2.45) is 0 Å². The van der Waals surface area contributed by atoms with Crippen LogP contribution in [0.2, 0.25) is 0 Å². The van der Waals surface area contributed by atoms with Crippen molar-refractivity contribution in [3.8, 4) is 11.5 Å². The first-order chi connectivity index (χ1) is 14.1. The Bertz CT molecular complexity index is 1170. The molecular formula is C22H15NO6. The number of benzene rings is 3. The third-order valence-electron chi connectivity index (χ3n) is 4.27. The van der Waals surface area contributed by atoms with E-state index in [0.717, 1.165) is 5.39 Å². The average molecular weight is 389 g/mol. The zero-order chi connectivity index (χ0) is 20.2. The minimum absolute atomic E-state index is 0.0282. The summed E-state index contributed by atoms with van der Waals surface area (Å²) in [5, 5.41) is 11.5. The maximum absolute atomic E-state index is 12.7. The number of esters is 1. The third-order valence-corrected chi connectivity index (χ3v) is 4.27. The Kier molecular flexibility index (Phi) is 4.94. The van der Waals surface area contributed by atoms with Crippen LogP contribution in [0, 0.1) is 10.1 Å². The average Bonchev–Trinajstić information content (AvgIpc) is 3.12. The predicted molar refractivity (Wildman–Crippen MR) is 105 cm³/mol. The molecule has 0 aliphatic heterocycles. The van der Waals surface area contributed by atoms with Gasteiger partial charge in [0.15, 0.2) is 0 Å². The number of fused-ring (bicyclic) bond motifs is 1. The summed E-state index contributed by atoms with van der Waals surface area (Å²) < 4.78 is 16.9. The van der Waals surface area contributed by atoms with Crippen LogP contribution in [0.4, 0.5) is 5.69 Å². The second-order valence-corrected chi connectivity index (χ2v) is 6.15. The maximum Gasteiger partial charge on any atom is 0.380 e. The van der Waals surface area contributed by atoms with Crippen molar-refractivity contribution in [2.75, 3.05) is 0 Å². The van der Waals surface area contributed by atoms with Crippen LogP contribution in [0.5, 0.6) is 11.5 Å². The molecule has 0 atom stereocenters. The minimum Gasteiger partial charge on any atom is -0.489 e. The molecule has 29 heavy (non-hydrogen) atoms. The highest BCUT2D eigenvalue weighted by Gasteiger charge is 2.23. The fraction of sp³-hybridized carbons (Fsp3) is 0.0455. The van der Waals surface area contributed by atoms with E-state index in [0.29, 0.717) is 16.9 Å². The van der Waals surface area contributed by atoms with Crippen LogP contribution in [-0.2, 0) is 6.61 Å². The lowest BCUT2D eigenvalue weighted by molar-refractivity contribution is -0.384. The van der Waals surface area contributed by atoms with Crippen molar-refractivity contribution in [3.63, 3.8) is 0 Å². The van der Waals surface area contributed by atoms with Gasteiger partial charge in [0.1, 0.15) is 23.7 Å². The molecule has 1 aromatic heterocycles. The number of nitro groups is 1. The van der Waals surface area contributed by atoms with E-state index in [4.69, 9.17) is 13.9 Å². The van der Waals surface area contributed by atoms with E-state index < -0.39 is 10.9 Å². The number of furan rings is 1. The van der Waals surface area contributed by atoms with Gasteiger partial charge in [0, 0.05) is 17.5 Å². The largest absolute Gasteiger partial charge is 0.489 e. The third kappa shape index (κ3) is 3.93. The van der Waals surface area contributed by atoms with Crippen molar-refractivity contribution in [2.45, 2.75) is 6.61 Å². The molecule has 0 radical (unpaired) electrons. The van der Waals surface area contributed by atoms with Gasteiger partial charge in [0.25, 0.3) is 5.69 Å². The summed E-state index contributed by atoms with van der Waals surface area (Å²) in [6.45, 7) is 0.117. The van der Waals surface area contributed by atoms with Gasteiger partial charge in [-0.2, -0.15) is 0 Å². The number of carbonyl (C=O) groups excluding carboxylic acids is 1. The van der Waals surface area contributed by atoms with Gasteiger partial charge in [-0.25, -0.2) is 4.79 Å². The molecule has 0 saturated carbocycles. The monoisotopic (exact) mass is 389 g/mol. The van der Waals surface area contributed by atoms with Gasteiger partial charge in [-0.3, -0.25) is 10.1 Å². The van der Waals surface area contributed by atoms with Crippen LogP contribution in [-0.4, -0.2) is 10.9 Å². The van der Waals surface area contributed by atoms with Crippen molar-refractivity contribution < 1.29 is 23.6 Å². The lowest BCUT2D eigenvalue weighted by Crippen LogP contribution is -2.11. The van der Waals surface area contributed by atoms with Gasteiger partial charge >= 0.3 is 5.97 Å². The van der Waals surface area contributed by atoms with Gasteiger partial charge in [-0.05, 0) is 30.3 Å². The van der Waals surface area contributed by atoms with Crippen molar-refractivity contribution in [1.82, 2.24) is 0 Å². The number of carbonyl (C=O) groups is 1. The number of ether oxygens (including phenoxy) is 2. The Balaban J connectivity index is 1.61. The Morgan fingerprint density at radius 3 is 2.31 bits per heavy atom. The number of nitro benzene ring substituents is 1. The first-order valence-electron chi connectivity index (χ1n) is 8.77. The first kappa shape index (κ1) is 18.2. The number of non-ortho nitro benzene ring substituents is 1. The van der Waals surface area contributed by atoms with E-state index in [1.54, 1.807) is 12.1 Å². The predicted octanol–water partition coefficient (Wildman–Crippen LogP) is 5.14. The van der Waals surface area contributed by atoms with Gasteiger partial charge in [-0.15, -0.1) is 0 Å². The van der Waals surface area contributed by atoms with Crippen molar-refractivity contribution >= 4 is 22.6 Å². The second-order valence-electron chi connectivity index (χ2n) is 6.15. The number of nitrogens with zero attached hydrogens (tertiary/aromatic N) is 1. The molecular weight excluding hydrogens is 374 g/mol. The highest BCUT2D eigenvalue weighted by atomic mass is 16.6. The molecule has 7 nitrogen and oxygen atoms in total. The number of para-hydroxylation sites is 2. The quantitative estimate of drug-likeness (QED) is 0.196. The van der Waals surface area contributed by atoms with E-state index in [1.807, 2.05) is 42.5 Å². The SMILES string of the molecule is O=C(Oc1ccc([N+](=O)[O-])cc1)c1oc2ccccc2c1COc1ccccc1. The van der Waals surface area contributed by atoms with E-state index in [2.05, 4.69) is 0 Å². The van der Waals surface area contributed by atoms with Gasteiger partial charge < -0.3 is 13.9 Å². The number of hydrogen-bond acceptors (Lipinski definition) is 6. The molecule has 4 aromatic rings. The zero-order valence-corrected chi connectivity index (χ0v) is 15.1. The van der Waals surface area contributed by atoms with Gasteiger partial charge in [0.2, 0.25) is 5.76 Å². The van der Waals surface area contributed by atoms with E-state index in [9.17, 15) is 14.9 Å². The summed E-state index contributed by atoms with van der Waals surface area (Å²) in [6.07, 6.45) is 0. The fourth-order valence-electron chi connectivity index (χ4n) is 2.87. The molecule has 7 heteroatoms. The molecule has 144 valence electrons. The summed E-state index contributed by atoms with van der Waals surface area (Å²) in [4.78, 5) is 23.0. The van der Waals surface area contributed by atoms with Crippen LogP contribution in [0.25, 0.3) is 11.0 Å². The highest BCUT2D eigenvalue weighted by Crippen LogP contribution is 2.28. The van der Waals surface area contributed by atoms with Crippen LogP contribution in [0.1, 0.15) is 16.1 Å². The normalized spacial score (nSPS) is 10.6. The summed E-state index contributed by atoms with van der Waals surface area (Å²) >= 11 is 0. The lowest BCUT2D eigenvalue weighted by Gasteiger charge is -2.07. The molecule has 0 amide bonds. The van der Waals surface area contributed by atoms with E-state index in [-0.39, 0.29) is 23.8 Å². The molecule has 0 bridgehead atoms. The molecule has 0 N–H and O–H groups in total. The topological polar surface area (TPSA) is 91.8 Å². The first-order valence-corrected chi connectivity index (χ1v) is 8.77. The Morgan fingerprint density at radius 1 is 0.897 bits per heavy atom. The highest BCUT2D eigenvalue weighted by molar-refractivity contribution is 5.97. The summed E-state index contributed by atoms with van der Waals surface area (Å²) in [5.74, 6) is 0.158. The number of rotatable bonds is 6. The van der Waals surface area contributed by atoms with E-state index in [1.165, 1.54) is 24.3 Å². The molecule has 0 saturated heterocycles. The van der Waals surface area contributed by atoms with Crippen LogP contribution in [0.15, 0.2) is 83.3 Å². The van der Waals surface area contributed by atoms with Gasteiger partial charge in [-0.1, -0.05) is 36.4 Å².